The molecule has 0 heterocycles. The maximum Gasteiger partial charge on any atom is 0.0842 e. The van der Waals surface area contributed by atoms with E-state index in [0.29, 0.717) is 0 Å². The lowest BCUT2D eigenvalue weighted by atomic mass is 10.1. The predicted molar refractivity (Wildman–Crippen MR) is 55.2 cm³/mol. The van der Waals surface area contributed by atoms with Gasteiger partial charge in [0.15, 0.2) is 0 Å². The third kappa shape index (κ3) is 3.38. The van der Waals surface area contributed by atoms with E-state index < -0.39 is 5.54 Å². The molecule has 0 aliphatic heterocycles. The smallest absolute Gasteiger partial charge is 0.0842 e. The summed E-state index contributed by atoms with van der Waals surface area (Å²) in [7, 11) is 0. The van der Waals surface area contributed by atoms with Gasteiger partial charge in [0.1, 0.15) is 0 Å². The van der Waals surface area contributed by atoms with E-state index >= 15 is 0 Å². The summed E-state index contributed by atoms with van der Waals surface area (Å²) in [5, 5.41) is 9.00. The van der Waals surface area contributed by atoms with Crippen LogP contribution in [0.15, 0.2) is 35.3 Å². The zero-order chi connectivity index (χ0) is 10.6. The maximum atomic E-state index is 9.00. The second-order valence-electron chi connectivity index (χ2n) is 3.56. The molecule has 2 nitrogen and oxygen atoms in total. The second kappa shape index (κ2) is 4.19. The predicted octanol–water partition coefficient (Wildman–Crippen LogP) is 1.88. The number of aliphatic hydroxyl groups excluding tert-OH is 1. The number of nitrogens with zero attached hydrogens (tertiary/aromatic N) is 1. The van der Waals surface area contributed by atoms with E-state index in [9.17, 15) is 0 Å². The highest BCUT2D eigenvalue weighted by molar-refractivity contribution is 5.79. The molecule has 0 saturated heterocycles. The molecular weight excluding hydrogens is 162 g/mol. The Morgan fingerprint density at radius 1 is 1.46 bits per heavy atom. The minimum atomic E-state index is -0.576. The molecule has 0 aromatic heterocycles. The van der Waals surface area contributed by atoms with Crippen LogP contribution < -0.4 is 0 Å². The summed E-state index contributed by atoms with van der Waals surface area (Å²) in [6.07, 6.45) is 0.213. The van der Waals surface area contributed by atoms with E-state index in [-0.39, 0.29) is 12.8 Å². The Hall–Kier alpha value is -1.15. The van der Waals surface area contributed by atoms with Gasteiger partial charge in [-0.2, -0.15) is 0 Å². The summed E-state index contributed by atoms with van der Waals surface area (Å²) in [5.74, 6) is 0. The molecule has 1 N–H and O–H groups in total. The van der Waals surface area contributed by atoms with Crippen molar-refractivity contribution in [3.63, 3.8) is 0 Å². The molecule has 1 rings (SSSR count). The first kappa shape index (κ1) is 8.45. The highest BCUT2D eigenvalue weighted by atomic mass is 16.3. The number of hydrogen-bond donors (Lipinski definition) is 1. The van der Waals surface area contributed by atoms with Crippen LogP contribution in [-0.2, 0) is 0 Å². The van der Waals surface area contributed by atoms with Crippen LogP contribution in [0.5, 0.6) is 0 Å². The highest BCUT2D eigenvalue weighted by Crippen LogP contribution is 2.07. The van der Waals surface area contributed by atoms with Gasteiger partial charge in [-0.25, -0.2) is 0 Å². The summed E-state index contributed by atoms with van der Waals surface area (Å²) in [5.41, 5.74) is 0.196. The van der Waals surface area contributed by atoms with E-state index in [1.807, 2.05) is 30.3 Å². The molecule has 0 aliphatic rings. The Labute approximate surface area is 80.4 Å². The molecule has 70 valence electrons. The molecule has 0 unspecified atom stereocenters. The molecule has 1 aromatic carbocycles. The van der Waals surface area contributed by atoms with E-state index in [1.54, 1.807) is 13.8 Å². The van der Waals surface area contributed by atoms with Gasteiger partial charge in [-0.05, 0) is 19.4 Å². The Kier molecular flexibility index (Phi) is 2.72. The Bertz CT molecular complexity index is 319. The molecule has 0 fully saturated rings. The van der Waals surface area contributed by atoms with Crippen molar-refractivity contribution in [3.05, 3.63) is 35.9 Å². The van der Waals surface area contributed by atoms with Crippen LogP contribution in [0, 0.1) is 0 Å². The standard InChI is InChI=1S/C11H15NO/c1-11(2,9-13)12-8-10-6-4-3-5-7-10/h3-8,13H,9H2,1-2H3/i8D. The Morgan fingerprint density at radius 2 is 2.08 bits per heavy atom. The Morgan fingerprint density at radius 3 is 2.62 bits per heavy atom. The van der Waals surface area contributed by atoms with E-state index in [0.717, 1.165) is 5.56 Å². The van der Waals surface area contributed by atoms with Gasteiger partial charge in [-0.3, -0.25) is 4.99 Å². The molecule has 0 bridgehead atoms. The lowest BCUT2D eigenvalue weighted by Gasteiger charge is -2.14. The van der Waals surface area contributed by atoms with E-state index in [2.05, 4.69) is 4.99 Å². The molecule has 0 amide bonds. The molecule has 13 heavy (non-hydrogen) atoms. The van der Waals surface area contributed by atoms with Gasteiger partial charge in [0, 0.05) is 6.19 Å². The van der Waals surface area contributed by atoms with Crippen molar-refractivity contribution in [3.8, 4) is 0 Å². The molecular formula is C11H15NO. The summed E-state index contributed by atoms with van der Waals surface area (Å²) < 4.78 is 7.71. The summed E-state index contributed by atoms with van der Waals surface area (Å²) in [6.45, 7) is 3.54. The Balaban J connectivity index is 2.91. The van der Waals surface area contributed by atoms with Crippen LogP contribution in [0.3, 0.4) is 0 Å². The van der Waals surface area contributed by atoms with Crippen molar-refractivity contribution in [2.24, 2.45) is 4.99 Å². The van der Waals surface area contributed by atoms with Crippen molar-refractivity contribution in [2.45, 2.75) is 19.4 Å². The van der Waals surface area contributed by atoms with E-state index in [1.165, 1.54) is 0 Å². The van der Waals surface area contributed by atoms with E-state index in [4.69, 9.17) is 6.48 Å². The SMILES string of the molecule is [2H]C(=NC(C)(C)CO)c1ccccc1. The van der Waals surface area contributed by atoms with Crippen molar-refractivity contribution >= 4 is 6.19 Å². The van der Waals surface area contributed by atoms with Crippen molar-refractivity contribution < 1.29 is 6.48 Å². The molecule has 0 spiro atoms. The maximum absolute atomic E-state index is 9.00. The summed E-state index contributed by atoms with van der Waals surface area (Å²) in [4.78, 5) is 4.13. The van der Waals surface area contributed by atoms with Crippen molar-refractivity contribution in [1.82, 2.24) is 0 Å². The lowest BCUT2D eigenvalue weighted by molar-refractivity contribution is 0.223. The first-order chi connectivity index (χ1) is 6.55. The van der Waals surface area contributed by atoms with Gasteiger partial charge >= 0.3 is 0 Å². The van der Waals surface area contributed by atoms with Gasteiger partial charge in [0.05, 0.1) is 13.5 Å². The van der Waals surface area contributed by atoms with Crippen LogP contribution >= 0.6 is 0 Å². The quantitative estimate of drug-likeness (QED) is 0.704. The minimum Gasteiger partial charge on any atom is -0.394 e. The molecule has 2 heteroatoms. The van der Waals surface area contributed by atoms with Crippen molar-refractivity contribution in [1.29, 1.82) is 0 Å². The normalized spacial score (nSPS) is 14.1. The highest BCUT2D eigenvalue weighted by Gasteiger charge is 2.12. The monoisotopic (exact) mass is 178 g/mol. The number of benzene rings is 1. The lowest BCUT2D eigenvalue weighted by Crippen LogP contribution is -2.21. The second-order valence-corrected chi connectivity index (χ2v) is 3.56. The van der Waals surface area contributed by atoms with Gasteiger partial charge in [-0.1, -0.05) is 30.3 Å². The summed E-state index contributed by atoms with van der Waals surface area (Å²) >= 11 is 0. The number of aliphatic imine (C=N–C) groups is 1. The van der Waals surface area contributed by atoms with Crippen LogP contribution in [-0.4, -0.2) is 23.4 Å². The fourth-order valence-corrected chi connectivity index (χ4v) is 0.764. The van der Waals surface area contributed by atoms with Gasteiger partial charge in [0.2, 0.25) is 0 Å². The number of aliphatic hydroxyl groups is 1. The topological polar surface area (TPSA) is 32.6 Å². The number of rotatable bonds is 3. The van der Waals surface area contributed by atoms with Gasteiger partial charge < -0.3 is 5.11 Å². The largest absolute Gasteiger partial charge is 0.394 e. The third-order valence-electron chi connectivity index (χ3n) is 1.65. The fraction of sp³-hybridized carbons (Fsp3) is 0.364. The van der Waals surface area contributed by atoms with Crippen LogP contribution in [0.25, 0.3) is 0 Å². The van der Waals surface area contributed by atoms with Gasteiger partial charge in [0.25, 0.3) is 0 Å². The molecule has 0 radical (unpaired) electrons. The molecule has 0 saturated carbocycles. The number of hydrogen-bond acceptors (Lipinski definition) is 2. The van der Waals surface area contributed by atoms with Crippen LogP contribution in [0.4, 0.5) is 0 Å². The third-order valence-corrected chi connectivity index (χ3v) is 1.65. The zero-order valence-corrected chi connectivity index (χ0v) is 7.99. The first-order valence-corrected chi connectivity index (χ1v) is 4.28. The summed E-state index contributed by atoms with van der Waals surface area (Å²) in [6, 6.07) is 9.29. The van der Waals surface area contributed by atoms with Crippen molar-refractivity contribution in [2.75, 3.05) is 6.61 Å². The first-order valence-electron chi connectivity index (χ1n) is 4.78. The van der Waals surface area contributed by atoms with Crippen LogP contribution in [0.1, 0.15) is 20.8 Å². The zero-order valence-electron chi connectivity index (χ0n) is 8.99. The molecule has 0 atom stereocenters. The minimum absolute atomic E-state index is 0.0534. The fourth-order valence-electron chi connectivity index (χ4n) is 0.764. The average Bonchev–Trinajstić information content (AvgIpc) is 2.19. The average molecular weight is 178 g/mol. The molecule has 0 aliphatic carbocycles. The van der Waals surface area contributed by atoms with Crippen LogP contribution in [0.2, 0.25) is 0 Å². The molecule has 1 aromatic rings. The van der Waals surface area contributed by atoms with Gasteiger partial charge in [-0.15, -0.1) is 0 Å².